The first-order valence-electron chi connectivity index (χ1n) is 32.5. The van der Waals surface area contributed by atoms with Gasteiger partial charge in [-0.1, -0.05) is 130 Å². The summed E-state index contributed by atoms with van der Waals surface area (Å²) in [6.45, 7) is 19.4. The Morgan fingerprint density at radius 1 is 0.753 bits per heavy atom. The number of imide groups is 1. The average molecular weight is 1300 g/mol. The molecule has 14 atom stereocenters. The number of ether oxygens (including phenoxy) is 3. The Labute approximate surface area is 548 Å². The third-order valence-corrected chi connectivity index (χ3v) is 18.0. The Morgan fingerprint density at radius 2 is 1.37 bits per heavy atom. The third-order valence-electron chi connectivity index (χ3n) is 18.0. The third kappa shape index (κ3) is 21.2. The molecule has 2 aromatic carbocycles. The summed E-state index contributed by atoms with van der Waals surface area (Å²) in [4.78, 5) is 155. The number of nitrogens with zero attached hydrogens (tertiary/aromatic N) is 4. The highest BCUT2D eigenvalue weighted by atomic mass is 16.6. The molecular weight excluding hydrogens is 1200 g/mol. The molecular formula is C67H105N11O15. The molecule has 2 aliphatic rings. The number of rotatable bonds is 36. The van der Waals surface area contributed by atoms with Gasteiger partial charge >= 0.3 is 12.1 Å². The number of aliphatic hydroxyl groups is 1. The fourth-order valence-corrected chi connectivity index (χ4v) is 12.4. The first-order chi connectivity index (χ1) is 43.8. The Morgan fingerprint density at radius 3 is 1.90 bits per heavy atom. The van der Waals surface area contributed by atoms with Gasteiger partial charge in [-0.05, 0) is 73.0 Å². The number of aliphatic hydroxyl groups excluding tert-OH is 1. The van der Waals surface area contributed by atoms with E-state index in [4.69, 9.17) is 25.7 Å². The van der Waals surface area contributed by atoms with E-state index in [1.807, 2.05) is 32.0 Å². The number of nitrogens with two attached hydrogens (primary N) is 2. The number of amides is 11. The minimum absolute atomic E-state index is 0.0752. The number of hydrogen-bond donors (Lipinski definition) is 8. The Hall–Kier alpha value is -7.55. The van der Waals surface area contributed by atoms with E-state index in [1.54, 1.807) is 116 Å². The lowest BCUT2D eigenvalue weighted by molar-refractivity contribution is -0.148. The summed E-state index contributed by atoms with van der Waals surface area (Å²) in [5.41, 5.74) is 12.9. The smallest absolute Gasteiger partial charge is 0.410 e. The van der Waals surface area contributed by atoms with E-state index < -0.39 is 150 Å². The van der Waals surface area contributed by atoms with Crippen LogP contribution in [-0.2, 0) is 70.4 Å². The molecule has 2 fully saturated rings. The molecule has 11 amide bonds. The van der Waals surface area contributed by atoms with Gasteiger partial charge < -0.3 is 67.2 Å². The van der Waals surface area contributed by atoms with Crippen molar-refractivity contribution in [1.29, 1.82) is 0 Å². The van der Waals surface area contributed by atoms with Crippen molar-refractivity contribution in [3.05, 3.63) is 71.3 Å². The lowest BCUT2D eigenvalue weighted by atomic mass is 9.89. The van der Waals surface area contributed by atoms with Gasteiger partial charge in [0.25, 0.3) is 0 Å². The van der Waals surface area contributed by atoms with Crippen molar-refractivity contribution in [3.63, 3.8) is 0 Å². The molecule has 0 aromatic heterocycles. The number of methoxy groups -OCH3 is 2. The quantitative estimate of drug-likeness (QED) is 0.0358. The minimum atomic E-state index is -1.35. The number of Topliss-reactive ketones (excluding diaryl/α,β-unsaturated/α-hetero) is 1. The largest absolute Gasteiger partial charge is 0.445 e. The van der Waals surface area contributed by atoms with Crippen molar-refractivity contribution in [2.24, 2.45) is 47.0 Å². The fourth-order valence-electron chi connectivity index (χ4n) is 12.4. The zero-order valence-corrected chi connectivity index (χ0v) is 57.1. The van der Waals surface area contributed by atoms with Crippen molar-refractivity contribution >= 4 is 65.2 Å². The monoisotopic (exact) mass is 1300 g/mol. The van der Waals surface area contributed by atoms with Gasteiger partial charge in [-0.25, -0.2) is 9.59 Å². The van der Waals surface area contributed by atoms with Crippen LogP contribution >= 0.6 is 0 Å². The van der Waals surface area contributed by atoms with E-state index in [9.17, 15) is 57.8 Å². The van der Waals surface area contributed by atoms with Crippen molar-refractivity contribution in [3.8, 4) is 0 Å². The van der Waals surface area contributed by atoms with Crippen LogP contribution in [0, 0.1) is 35.5 Å². The van der Waals surface area contributed by atoms with E-state index in [-0.39, 0.29) is 69.5 Å². The Balaban J connectivity index is 1.41. The number of carbonyl (C=O) groups excluding carboxylic acids is 11. The van der Waals surface area contributed by atoms with Crippen molar-refractivity contribution in [1.82, 2.24) is 46.2 Å². The van der Waals surface area contributed by atoms with Gasteiger partial charge in [0.05, 0.1) is 54.8 Å². The van der Waals surface area contributed by atoms with Gasteiger partial charge in [-0.2, -0.15) is 0 Å². The maximum absolute atomic E-state index is 14.8. The lowest BCUT2D eigenvalue weighted by Crippen LogP contribution is -2.60. The molecule has 10 N–H and O–H groups in total. The van der Waals surface area contributed by atoms with Crippen LogP contribution in [0.25, 0.3) is 0 Å². The summed E-state index contributed by atoms with van der Waals surface area (Å²) in [5.74, 6) is -7.48. The zero-order chi connectivity index (χ0) is 69.7. The molecule has 4 rings (SSSR count). The molecule has 0 aliphatic carbocycles. The predicted octanol–water partition coefficient (Wildman–Crippen LogP) is 3.49. The van der Waals surface area contributed by atoms with Crippen LogP contribution in [0.3, 0.4) is 0 Å². The number of primary amides is 1. The summed E-state index contributed by atoms with van der Waals surface area (Å²) >= 11 is 0. The maximum atomic E-state index is 14.8. The molecule has 0 spiro atoms. The highest BCUT2D eigenvalue weighted by Gasteiger charge is 2.46. The molecule has 26 heteroatoms. The van der Waals surface area contributed by atoms with Crippen molar-refractivity contribution < 1.29 is 72.1 Å². The van der Waals surface area contributed by atoms with Gasteiger partial charge in [0, 0.05) is 66.7 Å². The second kappa shape index (κ2) is 36.8. The topological polar surface area (TPSA) is 361 Å². The van der Waals surface area contributed by atoms with Gasteiger partial charge in [-0.15, -0.1) is 0 Å². The molecule has 518 valence electrons. The van der Waals surface area contributed by atoms with Gasteiger partial charge in [0.2, 0.25) is 47.3 Å². The number of nitrogens with one attached hydrogen (secondary N) is 5. The number of likely N-dealkylation sites (tertiary alicyclic amines) is 2. The van der Waals surface area contributed by atoms with Crippen LogP contribution in [0.5, 0.6) is 0 Å². The van der Waals surface area contributed by atoms with E-state index in [0.717, 1.165) is 4.90 Å². The van der Waals surface area contributed by atoms with Crippen LogP contribution in [0.1, 0.15) is 144 Å². The first-order valence-corrected chi connectivity index (χ1v) is 32.5. The molecule has 93 heavy (non-hydrogen) atoms. The lowest BCUT2D eigenvalue weighted by Gasteiger charge is -2.41. The van der Waals surface area contributed by atoms with E-state index in [0.29, 0.717) is 42.5 Å². The zero-order valence-electron chi connectivity index (χ0n) is 57.1. The highest BCUT2D eigenvalue weighted by molar-refractivity contribution is 6.07. The average Bonchev–Trinajstić information content (AvgIpc) is 1.80. The molecule has 0 radical (unpaired) electrons. The standard InChI is InChI=1S/C67H105N11O15/c1-16-40(8)57(51(91-14)34-52(80)77-31-21-25-48(77)59(92-15)42(10)60(83)71-43(11)58(82)46-22-18-17-19-23-46)75(12)65(88)55(38(4)5)74-63(86)56(39(6)7)76(13)67(90)93-36-45-28-26-44(27-29-45)33-50(79)47(24-20-30-70-66(69)89)72-62(85)54(37(2)3)73-61(84)49(35-68)78-53(81)32-41(9)64(78)87/h17-19,22-23,26-29,37-43,47-49,51,54-59,82H,16,20-21,24-25,30-36,68H2,1-15H3,(H,71,83)(H,72,85)(H,73,84)(H,74,86)(H3,69,70,89)/t40-,41?,42+,43+,47-,48-,49?,51+,54-,55+,56-,57?,58+,59+/m0/s1. The molecule has 3 unspecified atom stereocenters. The summed E-state index contributed by atoms with van der Waals surface area (Å²) in [7, 11) is 6.07. The van der Waals surface area contributed by atoms with Gasteiger partial charge in [-0.3, -0.25) is 53.0 Å². The van der Waals surface area contributed by atoms with Gasteiger partial charge in [0.15, 0.2) is 5.78 Å². The summed E-state index contributed by atoms with van der Waals surface area (Å²) < 4.78 is 17.8. The van der Waals surface area contributed by atoms with Crippen LogP contribution in [0.15, 0.2) is 54.6 Å². The fraction of sp³-hybridized carbons (Fsp3) is 0.657. The summed E-state index contributed by atoms with van der Waals surface area (Å²) in [5, 5.41) is 24.7. The number of likely N-dealkylation sites (N-methyl/N-ethyl adjacent to an activating group) is 2. The van der Waals surface area contributed by atoms with Crippen molar-refractivity contribution in [2.45, 2.75) is 201 Å². The molecule has 2 heterocycles. The molecule has 26 nitrogen and oxygen atoms in total. The number of urea groups is 1. The molecule has 0 bridgehead atoms. The number of hydrogen-bond acceptors (Lipinski definition) is 16. The minimum Gasteiger partial charge on any atom is -0.445 e. The highest BCUT2D eigenvalue weighted by Crippen LogP contribution is 2.31. The van der Waals surface area contributed by atoms with E-state index >= 15 is 0 Å². The van der Waals surface area contributed by atoms with Crippen LogP contribution < -0.4 is 38.1 Å². The van der Waals surface area contributed by atoms with E-state index in [2.05, 4.69) is 26.6 Å². The second-order valence-corrected chi connectivity index (χ2v) is 26.0. The van der Waals surface area contributed by atoms with Crippen LogP contribution in [0.2, 0.25) is 0 Å². The SMILES string of the molecule is CC[C@H](C)C([C@@H](CC(=O)N1CCC[C@H]1[C@H](OC)[C@@H](C)C(=O)N[C@H](C)[C@@H](O)c1ccccc1)OC)N(C)C(=O)[C@H](NC(=O)[C@H](C(C)C)N(C)C(=O)OCc1ccc(CC(=O)[C@H](CCCNC(N)=O)NC(=O)[C@@H](NC(=O)C(CN)N2C(=O)CC(C)C2=O)C(C)C)cc1)C(C)C. The number of carbonyl (C=O) groups is 11. The summed E-state index contributed by atoms with van der Waals surface area (Å²) in [6.07, 6.45) is -1.34. The second-order valence-electron chi connectivity index (χ2n) is 26.0. The Bertz CT molecular complexity index is 2860. The normalized spacial score (nSPS) is 18.8. The van der Waals surface area contributed by atoms with Crippen molar-refractivity contribution in [2.75, 3.05) is 47.9 Å². The van der Waals surface area contributed by atoms with E-state index in [1.165, 1.54) is 26.2 Å². The maximum Gasteiger partial charge on any atom is 0.410 e. The molecule has 2 aromatic rings. The number of benzene rings is 2. The summed E-state index contributed by atoms with van der Waals surface area (Å²) in [6, 6.07) is 7.41. The predicted molar refractivity (Wildman–Crippen MR) is 348 cm³/mol. The van der Waals surface area contributed by atoms with Gasteiger partial charge in [0.1, 0.15) is 30.8 Å². The number of ketones is 1. The Kier molecular flexibility index (Phi) is 30.8. The first kappa shape index (κ1) is 77.9. The molecule has 2 saturated heterocycles. The van der Waals surface area contributed by atoms with Crippen LogP contribution in [-0.4, -0.2) is 198 Å². The molecule has 2 aliphatic heterocycles. The van der Waals surface area contributed by atoms with Crippen LogP contribution in [0.4, 0.5) is 9.59 Å². The molecule has 0 saturated carbocycles.